The van der Waals surface area contributed by atoms with Gasteiger partial charge in [-0.25, -0.2) is 0 Å². The fourth-order valence-corrected chi connectivity index (χ4v) is 5.12. The van der Waals surface area contributed by atoms with Crippen molar-refractivity contribution < 1.29 is 4.79 Å². The lowest BCUT2D eigenvalue weighted by atomic mass is 9.87. The maximum absolute atomic E-state index is 12.5. The molecule has 0 bridgehead atoms. The molecule has 0 unspecified atom stereocenters. The summed E-state index contributed by atoms with van der Waals surface area (Å²) >= 11 is 0. The third-order valence-electron chi connectivity index (χ3n) is 6.89. The molecule has 0 spiro atoms. The number of hydrogen-bond donors (Lipinski definition) is 2. The van der Waals surface area contributed by atoms with Crippen LogP contribution in [0.2, 0.25) is 0 Å². The number of carbonyl (C=O) groups excluding carboxylic acids is 1. The van der Waals surface area contributed by atoms with Crippen molar-refractivity contribution in [1.82, 2.24) is 20.2 Å². The number of benzene rings is 1. The van der Waals surface area contributed by atoms with Crippen LogP contribution in [0, 0.1) is 13.8 Å². The summed E-state index contributed by atoms with van der Waals surface area (Å²) in [5, 5.41) is 4.39. The molecule has 2 aromatic heterocycles. The van der Waals surface area contributed by atoms with Crippen molar-refractivity contribution in [2.75, 3.05) is 20.1 Å². The highest BCUT2D eigenvalue weighted by molar-refractivity contribution is 5.92. The van der Waals surface area contributed by atoms with Crippen molar-refractivity contribution >= 4 is 16.8 Å². The lowest BCUT2D eigenvalue weighted by molar-refractivity contribution is -0.133. The zero-order chi connectivity index (χ0) is 23.0. The average Bonchev–Trinajstić information content (AvgIpc) is 3.16. The predicted octanol–water partition coefficient (Wildman–Crippen LogP) is 5.28. The van der Waals surface area contributed by atoms with E-state index in [-0.39, 0.29) is 11.9 Å². The average molecular weight is 433 g/mol. The molecule has 1 atom stereocenters. The van der Waals surface area contributed by atoms with E-state index in [1.54, 1.807) is 0 Å². The summed E-state index contributed by atoms with van der Waals surface area (Å²) in [6.45, 7) is 12.3. The Bertz CT molecular complexity index is 1100. The van der Waals surface area contributed by atoms with Crippen LogP contribution in [0.3, 0.4) is 0 Å². The first-order valence-corrected chi connectivity index (χ1v) is 11.9. The van der Waals surface area contributed by atoms with E-state index >= 15 is 0 Å². The number of aromatic amines is 1. The van der Waals surface area contributed by atoms with E-state index in [9.17, 15) is 4.79 Å². The standard InChI is InChI=1S/C27H36N4O/c1-16(2)25-23-15-21(20-9-11-31(12-10-20)27(32)19(5)28-6)7-8-24(23)30-26(25)22-13-17(3)29-18(4)14-22/h7-8,13-16,19-20,28,30H,9-12H2,1-6H3/t19-/m0/s1. The third-order valence-corrected chi connectivity index (χ3v) is 6.89. The zero-order valence-corrected chi connectivity index (χ0v) is 20.2. The molecule has 0 saturated carbocycles. The predicted molar refractivity (Wildman–Crippen MR) is 132 cm³/mol. The lowest BCUT2D eigenvalue weighted by Gasteiger charge is -2.33. The van der Waals surface area contributed by atoms with Crippen LogP contribution in [0.25, 0.3) is 22.2 Å². The van der Waals surface area contributed by atoms with Crippen LogP contribution in [0.5, 0.6) is 0 Å². The molecule has 5 nitrogen and oxygen atoms in total. The minimum Gasteiger partial charge on any atom is -0.354 e. The minimum absolute atomic E-state index is 0.116. The SMILES string of the molecule is CN[C@@H](C)C(=O)N1CCC(c2ccc3[nH]c(-c4cc(C)nc(C)c4)c(C(C)C)c3c2)CC1. The van der Waals surface area contributed by atoms with Crippen LogP contribution in [-0.2, 0) is 4.79 Å². The zero-order valence-electron chi connectivity index (χ0n) is 20.2. The van der Waals surface area contributed by atoms with E-state index in [4.69, 9.17) is 0 Å². The van der Waals surface area contributed by atoms with Crippen LogP contribution in [0.1, 0.15) is 68.0 Å². The number of amides is 1. The van der Waals surface area contributed by atoms with Gasteiger partial charge in [-0.2, -0.15) is 0 Å². The van der Waals surface area contributed by atoms with Crippen molar-refractivity contribution in [2.24, 2.45) is 0 Å². The van der Waals surface area contributed by atoms with E-state index in [0.29, 0.717) is 11.8 Å². The third kappa shape index (κ3) is 4.31. The van der Waals surface area contributed by atoms with Crippen molar-refractivity contribution in [3.63, 3.8) is 0 Å². The Hall–Kier alpha value is -2.66. The summed E-state index contributed by atoms with van der Waals surface area (Å²) < 4.78 is 0. The van der Waals surface area contributed by atoms with Gasteiger partial charge in [-0.3, -0.25) is 9.78 Å². The molecule has 5 heteroatoms. The van der Waals surface area contributed by atoms with Gasteiger partial charge in [0, 0.05) is 40.9 Å². The highest BCUT2D eigenvalue weighted by Gasteiger charge is 2.27. The molecule has 3 aromatic rings. The molecule has 1 aliphatic heterocycles. The van der Waals surface area contributed by atoms with Crippen LogP contribution in [0.4, 0.5) is 0 Å². The number of piperidine rings is 1. The van der Waals surface area contributed by atoms with E-state index in [1.807, 2.05) is 18.9 Å². The number of rotatable bonds is 5. The van der Waals surface area contributed by atoms with Crippen molar-refractivity contribution in [3.05, 3.63) is 52.8 Å². The molecule has 1 saturated heterocycles. The molecule has 0 aliphatic carbocycles. The van der Waals surface area contributed by atoms with Crippen molar-refractivity contribution in [1.29, 1.82) is 0 Å². The Morgan fingerprint density at radius 1 is 1.09 bits per heavy atom. The van der Waals surface area contributed by atoms with Gasteiger partial charge in [0.1, 0.15) is 0 Å². The molecule has 4 rings (SSSR count). The number of aromatic nitrogens is 2. The quantitative estimate of drug-likeness (QED) is 0.576. The molecule has 1 aliphatic rings. The number of nitrogens with one attached hydrogen (secondary N) is 2. The van der Waals surface area contributed by atoms with Crippen molar-refractivity contribution in [3.8, 4) is 11.3 Å². The molecule has 170 valence electrons. The van der Waals surface area contributed by atoms with Crippen LogP contribution in [0.15, 0.2) is 30.3 Å². The summed E-state index contributed by atoms with van der Waals surface area (Å²) in [6.07, 6.45) is 2.04. The summed E-state index contributed by atoms with van der Waals surface area (Å²) in [6, 6.07) is 11.1. The number of fused-ring (bicyclic) bond motifs is 1. The molecular weight excluding hydrogens is 396 g/mol. The largest absolute Gasteiger partial charge is 0.354 e. The maximum atomic E-state index is 12.5. The Balaban J connectivity index is 1.65. The smallest absolute Gasteiger partial charge is 0.239 e. The molecule has 0 radical (unpaired) electrons. The molecule has 1 fully saturated rings. The fraction of sp³-hybridized carbons (Fsp3) is 0.481. The Kier molecular flexibility index (Phi) is 6.38. The van der Waals surface area contributed by atoms with E-state index in [0.717, 1.165) is 37.3 Å². The molecule has 3 heterocycles. The van der Waals surface area contributed by atoms with E-state index in [2.05, 4.69) is 73.3 Å². The Morgan fingerprint density at radius 3 is 2.34 bits per heavy atom. The Morgan fingerprint density at radius 2 is 1.75 bits per heavy atom. The van der Waals surface area contributed by atoms with Gasteiger partial charge in [0.15, 0.2) is 0 Å². The number of H-pyrrole nitrogens is 1. The van der Waals surface area contributed by atoms with Gasteiger partial charge < -0.3 is 15.2 Å². The maximum Gasteiger partial charge on any atom is 0.239 e. The summed E-state index contributed by atoms with van der Waals surface area (Å²) in [4.78, 5) is 22.8. The first-order chi connectivity index (χ1) is 15.3. The number of likely N-dealkylation sites (tertiary alicyclic amines) is 1. The second kappa shape index (κ2) is 9.07. The highest BCUT2D eigenvalue weighted by Crippen LogP contribution is 2.38. The first kappa shape index (κ1) is 22.5. The van der Waals surface area contributed by atoms with Gasteiger partial charge in [-0.1, -0.05) is 19.9 Å². The summed E-state index contributed by atoms with van der Waals surface area (Å²) in [7, 11) is 1.84. The first-order valence-electron chi connectivity index (χ1n) is 11.9. The Labute approximate surface area is 191 Å². The molecule has 32 heavy (non-hydrogen) atoms. The normalized spacial score (nSPS) is 16.2. The van der Waals surface area contributed by atoms with Crippen LogP contribution < -0.4 is 5.32 Å². The number of likely N-dealkylation sites (N-methyl/N-ethyl adjacent to an activating group) is 1. The number of pyridine rings is 1. The molecule has 1 aromatic carbocycles. The van der Waals surface area contributed by atoms with Gasteiger partial charge in [0.25, 0.3) is 0 Å². The monoisotopic (exact) mass is 432 g/mol. The molecule has 1 amide bonds. The molecular formula is C27H36N4O. The fourth-order valence-electron chi connectivity index (χ4n) is 5.12. The van der Waals surface area contributed by atoms with Gasteiger partial charge in [0.2, 0.25) is 5.91 Å². The number of hydrogen-bond acceptors (Lipinski definition) is 3. The van der Waals surface area contributed by atoms with Gasteiger partial charge >= 0.3 is 0 Å². The van der Waals surface area contributed by atoms with Crippen LogP contribution in [-0.4, -0.2) is 47.0 Å². The lowest BCUT2D eigenvalue weighted by Crippen LogP contribution is -2.46. The van der Waals surface area contributed by atoms with E-state index < -0.39 is 0 Å². The number of aryl methyl sites for hydroxylation is 2. The van der Waals surface area contributed by atoms with Gasteiger partial charge in [0.05, 0.1) is 11.7 Å². The topological polar surface area (TPSA) is 61.0 Å². The van der Waals surface area contributed by atoms with Crippen LogP contribution >= 0.6 is 0 Å². The summed E-state index contributed by atoms with van der Waals surface area (Å²) in [5.74, 6) is 1.11. The van der Waals surface area contributed by atoms with E-state index in [1.165, 1.54) is 33.3 Å². The number of nitrogens with zero attached hydrogens (tertiary/aromatic N) is 2. The van der Waals surface area contributed by atoms with Gasteiger partial charge in [-0.05, 0) is 87.9 Å². The second-order valence-electron chi connectivity index (χ2n) is 9.62. The summed E-state index contributed by atoms with van der Waals surface area (Å²) in [5.41, 5.74) is 8.47. The van der Waals surface area contributed by atoms with Gasteiger partial charge in [-0.15, -0.1) is 0 Å². The molecule has 2 N–H and O–H groups in total. The second-order valence-corrected chi connectivity index (χ2v) is 9.62. The minimum atomic E-state index is -0.116. The number of carbonyl (C=O) groups is 1. The highest BCUT2D eigenvalue weighted by atomic mass is 16.2. The van der Waals surface area contributed by atoms with Crippen molar-refractivity contribution in [2.45, 2.75) is 65.3 Å².